The van der Waals surface area contributed by atoms with Crippen LogP contribution in [0.3, 0.4) is 0 Å². The van der Waals surface area contributed by atoms with E-state index in [1.807, 2.05) is 11.8 Å². The maximum absolute atomic E-state index is 11.2. The van der Waals surface area contributed by atoms with E-state index in [1.54, 1.807) is 0 Å². The van der Waals surface area contributed by atoms with Crippen LogP contribution >= 0.6 is 11.8 Å². The molecule has 0 saturated carbocycles. The number of carbonyl (C=O) groups is 1. The first-order chi connectivity index (χ1) is 8.76. The van der Waals surface area contributed by atoms with E-state index in [0.717, 1.165) is 39.1 Å². The number of ether oxygens (including phenoxy) is 2. The lowest BCUT2D eigenvalue weighted by atomic mass is 10.2. The van der Waals surface area contributed by atoms with Crippen molar-refractivity contribution in [1.82, 2.24) is 4.90 Å². The number of nitrogens with zero attached hydrogens (tertiary/aromatic N) is 1. The van der Waals surface area contributed by atoms with Gasteiger partial charge in [-0.15, -0.1) is 0 Å². The van der Waals surface area contributed by atoms with Gasteiger partial charge in [-0.05, 0) is 37.8 Å². The van der Waals surface area contributed by atoms with E-state index in [4.69, 9.17) is 9.47 Å². The van der Waals surface area contributed by atoms with Gasteiger partial charge in [0.2, 0.25) is 0 Å². The van der Waals surface area contributed by atoms with E-state index < -0.39 is 0 Å². The lowest BCUT2D eigenvalue weighted by Crippen LogP contribution is -2.35. The van der Waals surface area contributed by atoms with Crippen molar-refractivity contribution in [2.45, 2.75) is 31.8 Å². The first-order valence-corrected chi connectivity index (χ1v) is 8.05. The van der Waals surface area contributed by atoms with E-state index in [9.17, 15) is 4.79 Å². The second-order valence-electron chi connectivity index (χ2n) is 4.61. The highest BCUT2D eigenvalue weighted by Gasteiger charge is 2.19. The van der Waals surface area contributed by atoms with Gasteiger partial charge in [0, 0.05) is 19.7 Å². The Labute approximate surface area is 114 Å². The van der Waals surface area contributed by atoms with E-state index in [-0.39, 0.29) is 5.97 Å². The molecule has 0 aromatic heterocycles. The third-order valence-electron chi connectivity index (χ3n) is 3.17. The highest BCUT2D eigenvalue weighted by molar-refractivity contribution is 7.98. The average Bonchev–Trinajstić information content (AvgIpc) is 2.88. The van der Waals surface area contributed by atoms with Gasteiger partial charge in [-0.3, -0.25) is 4.79 Å². The monoisotopic (exact) mass is 275 g/mol. The molecule has 18 heavy (non-hydrogen) atoms. The van der Waals surface area contributed by atoms with Crippen LogP contribution in [-0.4, -0.2) is 62.3 Å². The Balaban J connectivity index is 2.27. The lowest BCUT2D eigenvalue weighted by Gasteiger charge is -2.24. The zero-order valence-corrected chi connectivity index (χ0v) is 12.3. The predicted octanol–water partition coefficient (Wildman–Crippen LogP) is 1.78. The number of thioether (sulfide) groups is 1. The molecular formula is C13H25NO3S. The number of hydrogen-bond donors (Lipinski definition) is 0. The fourth-order valence-corrected chi connectivity index (χ4v) is 2.57. The van der Waals surface area contributed by atoms with Crippen molar-refractivity contribution < 1.29 is 14.3 Å². The van der Waals surface area contributed by atoms with Crippen molar-refractivity contribution in [2.24, 2.45) is 0 Å². The molecule has 1 saturated heterocycles. The highest BCUT2D eigenvalue weighted by Crippen LogP contribution is 2.14. The van der Waals surface area contributed by atoms with Crippen LogP contribution in [0.15, 0.2) is 0 Å². The summed E-state index contributed by atoms with van der Waals surface area (Å²) in [4.78, 5) is 13.5. The van der Waals surface area contributed by atoms with Crippen molar-refractivity contribution in [2.75, 3.05) is 45.4 Å². The molecule has 1 aliphatic rings. The molecular weight excluding hydrogens is 250 g/mol. The number of carbonyl (C=O) groups excluding carboxylic acids is 1. The quantitative estimate of drug-likeness (QED) is 0.474. The molecule has 1 unspecified atom stereocenters. The molecule has 1 fully saturated rings. The van der Waals surface area contributed by atoms with Crippen molar-refractivity contribution in [3.63, 3.8) is 0 Å². The third kappa shape index (κ3) is 6.61. The summed E-state index contributed by atoms with van der Waals surface area (Å²) in [6, 6.07) is 0. The molecule has 0 aliphatic carbocycles. The Morgan fingerprint density at radius 2 is 2.33 bits per heavy atom. The fourth-order valence-electron chi connectivity index (χ4n) is 2.15. The van der Waals surface area contributed by atoms with Crippen molar-refractivity contribution in [3.8, 4) is 0 Å². The molecule has 106 valence electrons. The Morgan fingerprint density at radius 1 is 1.50 bits per heavy atom. The summed E-state index contributed by atoms with van der Waals surface area (Å²) in [5.41, 5.74) is 0. The van der Waals surface area contributed by atoms with Crippen LogP contribution in [-0.2, 0) is 14.3 Å². The fraction of sp³-hybridized carbons (Fsp3) is 0.923. The molecule has 0 amide bonds. The Morgan fingerprint density at radius 3 is 2.94 bits per heavy atom. The van der Waals surface area contributed by atoms with Gasteiger partial charge < -0.3 is 14.4 Å². The third-order valence-corrected chi connectivity index (χ3v) is 3.87. The van der Waals surface area contributed by atoms with Crippen LogP contribution in [0.4, 0.5) is 0 Å². The Bertz CT molecular complexity index is 232. The smallest absolute Gasteiger partial charge is 0.306 e. The summed E-state index contributed by atoms with van der Waals surface area (Å²) >= 11 is 1.87. The zero-order chi connectivity index (χ0) is 13.2. The molecule has 0 bridgehead atoms. The molecule has 1 rings (SSSR count). The normalized spacial score (nSPS) is 19.4. The van der Waals surface area contributed by atoms with Gasteiger partial charge in [-0.25, -0.2) is 0 Å². The minimum absolute atomic E-state index is 0.128. The van der Waals surface area contributed by atoms with E-state index in [1.165, 1.54) is 19.3 Å². The van der Waals surface area contributed by atoms with Crippen LogP contribution in [0, 0.1) is 0 Å². The summed E-state index contributed by atoms with van der Waals surface area (Å²) in [6.45, 7) is 3.66. The summed E-state index contributed by atoms with van der Waals surface area (Å²) in [7, 11) is 1.44. The topological polar surface area (TPSA) is 38.8 Å². The standard InChI is InChI=1S/C13H25NO3S/c1-16-13(15)6-8-14(7-4-10-18-2)11-12-5-3-9-17-12/h12H,3-11H2,1-2H3. The zero-order valence-electron chi connectivity index (χ0n) is 11.5. The molecule has 0 N–H and O–H groups in total. The number of esters is 1. The molecule has 1 atom stereocenters. The predicted molar refractivity (Wildman–Crippen MR) is 75.0 cm³/mol. The van der Waals surface area contributed by atoms with Gasteiger partial charge in [-0.2, -0.15) is 11.8 Å². The van der Waals surface area contributed by atoms with Crippen LogP contribution in [0.5, 0.6) is 0 Å². The molecule has 1 heterocycles. The molecule has 0 radical (unpaired) electrons. The minimum atomic E-state index is -0.128. The van der Waals surface area contributed by atoms with Crippen LogP contribution in [0.25, 0.3) is 0 Å². The van der Waals surface area contributed by atoms with Gasteiger partial charge >= 0.3 is 5.97 Å². The Kier molecular flexibility index (Phi) is 8.46. The van der Waals surface area contributed by atoms with E-state index in [2.05, 4.69) is 11.2 Å². The SMILES string of the molecule is COC(=O)CCN(CCCSC)CC1CCCO1. The Hall–Kier alpha value is -0.260. The molecule has 1 aliphatic heterocycles. The summed E-state index contributed by atoms with van der Waals surface area (Å²) in [6.07, 6.45) is 6.44. The van der Waals surface area contributed by atoms with Gasteiger partial charge in [0.1, 0.15) is 0 Å². The maximum atomic E-state index is 11.2. The first kappa shape index (κ1) is 15.8. The number of rotatable bonds is 9. The van der Waals surface area contributed by atoms with E-state index >= 15 is 0 Å². The first-order valence-electron chi connectivity index (χ1n) is 6.66. The highest BCUT2D eigenvalue weighted by atomic mass is 32.2. The van der Waals surface area contributed by atoms with Crippen LogP contribution in [0.2, 0.25) is 0 Å². The van der Waals surface area contributed by atoms with Gasteiger partial charge in [-0.1, -0.05) is 0 Å². The van der Waals surface area contributed by atoms with Crippen LogP contribution < -0.4 is 0 Å². The van der Waals surface area contributed by atoms with Crippen molar-refractivity contribution in [1.29, 1.82) is 0 Å². The van der Waals surface area contributed by atoms with Gasteiger partial charge in [0.05, 0.1) is 19.6 Å². The molecule has 5 heteroatoms. The van der Waals surface area contributed by atoms with Crippen LogP contribution in [0.1, 0.15) is 25.7 Å². The average molecular weight is 275 g/mol. The molecule has 0 aromatic carbocycles. The van der Waals surface area contributed by atoms with Crippen molar-refractivity contribution in [3.05, 3.63) is 0 Å². The second-order valence-corrected chi connectivity index (χ2v) is 5.59. The molecule has 0 spiro atoms. The molecule has 4 nitrogen and oxygen atoms in total. The summed E-state index contributed by atoms with van der Waals surface area (Å²) in [5.74, 6) is 1.04. The van der Waals surface area contributed by atoms with Gasteiger partial charge in [0.25, 0.3) is 0 Å². The van der Waals surface area contributed by atoms with Crippen molar-refractivity contribution >= 4 is 17.7 Å². The molecule has 0 aromatic rings. The summed E-state index contributed by atoms with van der Waals surface area (Å²) < 4.78 is 10.4. The largest absolute Gasteiger partial charge is 0.469 e. The number of methoxy groups -OCH3 is 1. The second kappa shape index (κ2) is 9.64. The number of hydrogen-bond acceptors (Lipinski definition) is 5. The van der Waals surface area contributed by atoms with Gasteiger partial charge in [0.15, 0.2) is 0 Å². The maximum Gasteiger partial charge on any atom is 0.306 e. The summed E-state index contributed by atoms with van der Waals surface area (Å²) in [5, 5.41) is 0. The minimum Gasteiger partial charge on any atom is -0.469 e. The van der Waals surface area contributed by atoms with E-state index in [0.29, 0.717) is 12.5 Å². The lowest BCUT2D eigenvalue weighted by molar-refractivity contribution is -0.141.